The summed E-state index contributed by atoms with van der Waals surface area (Å²) in [6.07, 6.45) is -9.70. The molecule has 0 atom stereocenters. The summed E-state index contributed by atoms with van der Waals surface area (Å²) in [4.78, 5) is 42.3. The number of benzene rings is 2. The molecule has 0 fully saturated rings. The molecule has 18 heteroatoms. The summed E-state index contributed by atoms with van der Waals surface area (Å²) in [5, 5.41) is 32.7. The second-order valence-corrected chi connectivity index (χ2v) is 13.2. The van der Waals surface area contributed by atoms with Crippen LogP contribution in [0.5, 0.6) is 0 Å². The Morgan fingerprint density at radius 1 is 0.596 bits per heavy atom. The molecule has 0 aliphatic heterocycles. The molecule has 2 amide bonds. The highest BCUT2D eigenvalue weighted by Gasteiger charge is 2.29. The molecule has 12 nitrogen and oxygen atoms in total. The van der Waals surface area contributed by atoms with E-state index < -0.39 is 24.3 Å². The van der Waals surface area contributed by atoms with E-state index in [0.29, 0.717) is 48.7 Å². The molecule has 0 spiro atoms. The first-order valence-electron chi connectivity index (χ1n) is 15.6. The summed E-state index contributed by atoms with van der Waals surface area (Å²) < 4.78 is 63.1. The van der Waals surface area contributed by atoms with E-state index in [9.17, 15) is 35.9 Å². The third-order valence-corrected chi connectivity index (χ3v) is 6.81. The van der Waals surface area contributed by atoms with Gasteiger partial charge in [-0.15, -0.1) is 10.2 Å². The molecule has 3 rings (SSSR count). The van der Waals surface area contributed by atoms with Crippen LogP contribution in [0.3, 0.4) is 0 Å². The number of nitrogens with one attached hydrogen (secondary N) is 2. The van der Waals surface area contributed by atoms with Gasteiger partial charge in [0.15, 0.2) is 0 Å². The number of hydrogen-bond donors (Lipinski definition) is 4. The first-order valence-corrected chi connectivity index (χ1v) is 15.6. The van der Waals surface area contributed by atoms with E-state index in [-0.39, 0.29) is 22.6 Å². The van der Waals surface area contributed by atoms with Crippen LogP contribution in [-0.4, -0.2) is 59.4 Å². The van der Waals surface area contributed by atoms with Crippen LogP contribution in [0.1, 0.15) is 65.5 Å². The summed E-state index contributed by atoms with van der Waals surface area (Å²) in [6.45, 7) is 13.9. The van der Waals surface area contributed by atoms with Crippen LogP contribution in [0.15, 0.2) is 48.5 Å². The molecule has 0 radical (unpaired) electrons. The maximum absolute atomic E-state index is 12.4. The lowest BCUT2D eigenvalue weighted by Gasteiger charge is -2.22. The number of halogens is 6. The second kappa shape index (κ2) is 18.4. The maximum atomic E-state index is 12.4. The third-order valence-electron chi connectivity index (χ3n) is 6.81. The maximum Gasteiger partial charge on any atom is 0.430 e. The fourth-order valence-electron chi connectivity index (χ4n) is 4.03. The van der Waals surface area contributed by atoms with Crippen molar-refractivity contribution in [3.8, 4) is 22.5 Å². The first-order chi connectivity index (χ1) is 23.7. The Morgan fingerprint density at radius 3 is 1.10 bits per heavy atom. The summed E-state index contributed by atoms with van der Waals surface area (Å²) in [5.41, 5.74) is 13.9. The summed E-state index contributed by atoms with van der Waals surface area (Å²) >= 11 is 0. The summed E-state index contributed by atoms with van der Waals surface area (Å²) in [5.74, 6) is -6.19. The highest BCUT2D eigenvalue weighted by Crippen LogP contribution is 2.35. The van der Waals surface area contributed by atoms with Crippen LogP contribution < -0.4 is 32.3 Å². The van der Waals surface area contributed by atoms with E-state index in [2.05, 4.69) is 86.0 Å². The van der Waals surface area contributed by atoms with E-state index in [1.54, 1.807) is 0 Å². The number of carboxylic acid groups (broad SMARTS) is 2. The number of alkyl halides is 6. The molecular weight excluding hydrogens is 702 g/mol. The Morgan fingerprint density at radius 2 is 0.885 bits per heavy atom. The lowest BCUT2D eigenvalue weighted by atomic mass is 9.85. The average Bonchev–Trinajstić information content (AvgIpc) is 3.00. The van der Waals surface area contributed by atoms with Gasteiger partial charge in [-0.25, -0.2) is 0 Å². The summed E-state index contributed by atoms with van der Waals surface area (Å²) in [7, 11) is 0. The van der Waals surface area contributed by atoms with Gasteiger partial charge in [0.1, 0.15) is 11.9 Å². The van der Waals surface area contributed by atoms with Crippen molar-refractivity contribution < 1.29 is 67.2 Å². The van der Waals surface area contributed by atoms with Crippen molar-refractivity contribution in [1.82, 2.24) is 10.2 Å². The Labute approximate surface area is 296 Å². The molecule has 1 aromatic heterocycles. The van der Waals surface area contributed by atoms with Gasteiger partial charge < -0.3 is 41.9 Å². The van der Waals surface area contributed by atoms with Crippen LogP contribution in [0, 0.1) is 0 Å². The van der Waals surface area contributed by atoms with E-state index in [0.717, 1.165) is 22.3 Å². The largest absolute Gasteiger partial charge is 0.542 e. The zero-order chi connectivity index (χ0) is 40.2. The number of aliphatic carboxylic acids is 2. The van der Waals surface area contributed by atoms with E-state index in [4.69, 9.17) is 19.8 Å². The van der Waals surface area contributed by atoms with E-state index >= 15 is 0 Å². The molecule has 52 heavy (non-hydrogen) atoms. The Kier molecular flexibility index (Phi) is 15.9. The Bertz CT molecular complexity index is 1570. The molecule has 1 heterocycles. The van der Waals surface area contributed by atoms with Crippen molar-refractivity contribution in [2.45, 2.75) is 77.6 Å². The van der Waals surface area contributed by atoms with Crippen LogP contribution in [0.25, 0.3) is 22.5 Å². The molecule has 0 saturated heterocycles. The van der Waals surface area contributed by atoms with Gasteiger partial charge in [-0.3, -0.25) is 9.59 Å². The second-order valence-electron chi connectivity index (χ2n) is 13.2. The molecular formula is C34H42F6N6O6. The van der Waals surface area contributed by atoms with E-state index in [1.165, 1.54) is 0 Å². The SMILES string of the molecule is CC(C)(C)c1ccc(NC(=O)CC[NH3+])c(-c2ccc(-c3cc(C(C)(C)C)ccc3NC(=O)CC[NH3+])nn2)c1.O=C([O-])C(F)(F)F.O=C([O-])C(F)(F)F. The number of carbonyl (C=O) groups is 4. The molecule has 286 valence electrons. The highest BCUT2D eigenvalue weighted by atomic mass is 19.4. The zero-order valence-electron chi connectivity index (χ0n) is 29.5. The van der Waals surface area contributed by atoms with Gasteiger partial charge in [0, 0.05) is 11.1 Å². The van der Waals surface area contributed by atoms with Gasteiger partial charge in [-0.2, -0.15) is 26.3 Å². The number of quaternary nitrogens is 2. The number of rotatable bonds is 8. The molecule has 0 bridgehead atoms. The minimum atomic E-state index is -5.19. The number of aromatic nitrogens is 2. The van der Waals surface area contributed by atoms with Gasteiger partial charge in [0.25, 0.3) is 0 Å². The predicted molar refractivity (Wildman–Crippen MR) is 174 cm³/mol. The van der Waals surface area contributed by atoms with Crippen LogP contribution in [0.2, 0.25) is 0 Å². The molecule has 0 unspecified atom stereocenters. The predicted octanol–water partition coefficient (Wildman–Crippen LogP) is 2.14. The molecule has 0 aliphatic rings. The number of nitrogens with zero attached hydrogens (tertiary/aromatic N) is 2. The fraction of sp³-hybridized carbons (Fsp3) is 0.412. The minimum Gasteiger partial charge on any atom is -0.542 e. The average molecular weight is 745 g/mol. The van der Waals surface area contributed by atoms with Crippen molar-refractivity contribution in [2.75, 3.05) is 23.7 Å². The summed E-state index contributed by atoms with van der Waals surface area (Å²) in [6, 6.07) is 15.9. The van der Waals surface area contributed by atoms with Crippen LogP contribution in [0.4, 0.5) is 37.7 Å². The van der Waals surface area contributed by atoms with Gasteiger partial charge in [0.2, 0.25) is 11.8 Å². The topological polar surface area (TPSA) is 220 Å². The molecule has 8 N–H and O–H groups in total. The normalized spacial score (nSPS) is 11.7. The van der Waals surface area contributed by atoms with Gasteiger partial charge in [-0.1, -0.05) is 53.7 Å². The van der Waals surface area contributed by atoms with Crippen molar-refractivity contribution >= 4 is 35.1 Å². The van der Waals surface area contributed by atoms with Gasteiger partial charge >= 0.3 is 12.4 Å². The van der Waals surface area contributed by atoms with Crippen molar-refractivity contribution in [2.24, 2.45) is 0 Å². The molecule has 0 saturated carbocycles. The zero-order valence-corrected chi connectivity index (χ0v) is 29.5. The van der Waals surface area contributed by atoms with Crippen molar-refractivity contribution in [3.63, 3.8) is 0 Å². The third kappa shape index (κ3) is 14.6. The lowest BCUT2D eigenvalue weighted by molar-refractivity contribution is -0.366. The van der Waals surface area contributed by atoms with Crippen LogP contribution >= 0.6 is 0 Å². The molecule has 3 aromatic rings. The Hall–Kier alpha value is -5.10. The number of hydrogen-bond acceptors (Lipinski definition) is 8. The van der Waals surface area contributed by atoms with Crippen LogP contribution in [-0.2, 0) is 30.0 Å². The quantitative estimate of drug-likeness (QED) is 0.250. The minimum absolute atomic E-state index is 0.0769. The van der Waals surface area contributed by atoms with Gasteiger partial charge in [0.05, 0.1) is 48.7 Å². The monoisotopic (exact) mass is 744 g/mol. The Balaban J connectivity index is 0.000000812. The number of carbonyl (C=O) groups excluding carboxylic acids is 4. The highest BCUT2D eigenvalue weighted by molar-refractivity contribution is 5.96. The number of anilines is 2. The standard InChI is InChI=1S/C30H40N6O2.2C2HF3O2/c1-29(2,3)19-7-9-23(33-27(37)13-15-31)21(17-19)25-11-12-26(36-35-25)22-18-20(30(4,5)6)8-10-24(22)34-28(38)14-16-32;2*3-2(4,5)1(6)7/h7-12,17-18H,13-16,31-32H2,1-6H3,(H,33,37)(H,34,38);2*(H,6,7). The van der Waals surface area contributed by atoms with Crippen molar-refractivity contribution in [1.29, 1.82) is 0 Å². The van der Waals surface area contributed by atoms with E-state index in [1.807, 2.05) is 36.4 Å². The first kappa shape index (κ1) is 44.9. The number of amides is 2. The van der Waals surface area contributed by atoms with Crippen molar-refractivity contribution in [3.05, 3.63) is 59.7 Å². The smallest absolute Gasteiger partial charge is 0.430 e. The number of carboxylic acids is 2. The van der Waals surface area contributed by atoms with Gasteiger partial charge in [-0.05, 0) is 58.4 Å². The lowest BCUT2D eigenvalue weighted by Crippen LogP contribution is -2.51. The molecule has 0 aliphatic carbocycles. The molecule has 2 aromatic carbocycles. The fourth-order valence-corrected chi connectivity index (χ4v) is 4.03.